The Labute approximate surface area is 100 Å². The molecule has 1 saturated heterocycles. The van der Waals surface area contributed by atoms with Crippen molar-refractivity contribution in [1.82, 2.24) is 4.90 Å². The summed E-state index contributed by atoms with van der Waals surface area (Å²) in [6.07, 6.45) is -2.13. The van der Waals surface area contributed by atoms with Crippen molar-refractivity contribution in [1.29, 1.82) is 0 Å². The molecule has 0 bridgehead atoms. The van der Waals surface area contributed by atoms with E-state index in [1.807, 2.05) is 13.8 Å². The standard InChI is InChI=1S/C11H19NO5/c1-6(2)4-7(11(16)17-3)12-5-8(13)9(14)10(12)15/h6-9,13-14H,4-5H2,1-3H3/t7-,8+,9+/m0/s1. The lowest BCUT2D eigenvalue weighted by Gasteiger charge is -2.26. The number of carbonyl (C=O) groups excluding carboxylic acids is 2. The first kappa shape index (κ1) is 13.9. The molecular formula is C11H19NO5. The first-order valence-corrected chi connectivity index (χ1v) is 5.63. The van der Waals surface area contributed by atoms with Crippen LogP contribution in [0.4, 0.5) is 0 Å². The molecule has 3 atom stereocenters. The molecule has 0 aromatic carbocycles. The first-order chi connectivity index (χ1) is 7.88. The minimum Gasteiger partial charge on any atom is -0.467 e. The van der Waals surface area contributed by atoms with Gasteiger partial charge in [-0.05, 0) is 12.3 Å². The number of rotatable bonds is 4. The maximum Gasteiger partial charge on any atom is 0.328 e. The number of aliphatic hydroxyl groups is 2. The molecule has 2 N–H and O–H groups in total. The van der Waals surface area contributed by atoms with Gasteiger partial charge < -0.3 is 19.8 Å². The zero-order chi connectivity index (χ0) is 13.2. The zero-order valence-corrected chi connectivity index (χ0v) is 10.3. The number of aliphatic hydroxyl groups excluding tert-OH is 2. The van der Waals surface area contributed by atoms with Crippen LogP contribution >= 0.6 is 0 Å². The Kier molecular flexibility index (Phi) is 4.47. The molecule has 0 spiro atoms. The second-order valence-corrected chi connectivity index (χ2v) is 4.67. The van der Waals surface area contributed by atoms with Crippen molar-refractivity contribution < 1.29 is 24.5 Å². The monoisotopic (exact) mass is 245 g/mol. The molecule has 98 valence electrons. The van der Waals surface area contributed by atoms with Crippen LogP contribution in [0.25, 0.3) is 0 Å². The second kappa shape index (κ2) is 5.46. The Morgan fingerprint density at radius 1 is 1.53 bits per heavy atom. The molecule has 6 nitrogen and oxygen atoms in total. The predicted octanol–water partition coefficient (Wildman–Crippen LogP) is -0.862. The van der Waals surface area contributed by atoms with Crippen LogP contribution in [0.5, 0.6) is 0 Å². The molecule has 1 fully saturated rings. The number of likely N-dealkylation sites (tertiary alicyclic amines) is 1. The van der Waals surface area contributed by atoms with Gasteiger partial charge in [-0.2, -0.15) is 0 Å². The van der Waals surface area contributed by atoms with Crippen LogP contribution in [0, 0.1) is 5.92 Å². The number of hydrogen-bond acceptors (Lipinski definition) is 5. The van der Waals surface area contributed by atoms with Gasteiger partial charge in [0.05, 0.1) is 13.7 Å². The van der Waals surface area contributed by atoms with Crippen molar-refractivity contribution in [2.75, 3.05) is 13.7 Å². The van der Waals surface area contributed by atoms with Crippen LogP contribution < -0.4 is 0 Å². The van der Waals surface area contributed by atoms with E-state index in [0.717, 1.165) is 0 Å². The van der Waals surface area contributed by atoms with E-state index in [2.05, 4.69) is 4.74 Å². The fourth-order valence-electron chi connectivity index (χ4n) is 1.94. The van der Waals surface area contributed by atoms with E-state index in [0.29, 0.717) is 6.42 Å². The van der Waals surface area contributed by atoms with Gasteiger partial charge in [-0.15, -0.1) is 0 Å². The van der Waals surface area contributed by atoms with Crippen molar-refractivity contribution in [3.05, 3.63) is 0 Å². The van der Waals surface area contributed by atoms with Crippen LogP contribution in [0.1, 0.15) is 20.3 Å². The molecule has 0 saturated carbocycles. The summed E-state index contributed by atoms with van der Waals surface area (Å²) >= 11 is 0. The highest BCUT2D eigenvalue weighted by molar-refractivity contribution is 5.89. The highest BCUT2D eigenvalue weighted by atomic mass is 16.5. The number of amides is 1. The number of methoxy groups -OCH3 is 1. The zero-order valence-electron chi connectivity index (χ0n) is 10.3. The highest BCUT2D eigenvalue weighted by Crippen LogP contribution is 2.20. The van der Waals surface area contributed by atoms with Crippen molar-refractivity contribution in [3.63, 3.8) is 0 Å². The van der Waals surface area contributed by atoms with E-state index in [1.54, 1.807) is 0 Å². The number of carbonyl (C=O) groups is 2. The van der Waals surface area contributed by atoms with Crippen LogP contribution in [-0.2, 0) is 14.3 Å². The van der Waals surface area contributed by atoms with Crippen LogP contribution in [0.2, 0.25) is 0 Å². The van der Waals surface area contributed by atoms with Crippen LogP contribution in [-0.4, -0.2) is 58.9 Å². The van der Waals surface area contributed by atoms with E-state index in [9.17, 15) is 19.8 Å². The SMILES string of the molecule is COC(=O)[C@H](CC(C)C)N1C[C@@H](O)[C@@H](O)C1=O. The van der Waals surface area contributed by atoms with Crippen molar-refractivity contribution in [2.24, 2.45) is 5.92 Å². The quantitative estimate of drug-likeness (QED) is 0.629. The molecule has 0 unspecified atom stereocenters. The number of esters is 1. The molecule has 0 radical (unpaired) electrons. The molecule has 1 amide bonds. The predicted molar refractivity (Wildman–Crippen MR) is 59.0 cm³/mol. The lowest BCUT2D eigenvalue weighted by Crippen LogP contribution is -2.45. The third kappa shape index (κ3) is 2.95. The van der Waals surface area contributed by atoms with E-state index < -0.39 is 30.1 Å². The van der Waals surface area contributed by atoms with E-state index >= 15 is 0 Å². The third-order valence-electron chi connectivity index (χ3n) is 2.83. The van der Waals surface area contributed by atoms with Gasteiger partial charge in [0.1, 0.15) is 12.1 Å². The largest absolute Gasteiger partial charge is 0.467 e. The normalized spacial score (nSPS) is 26.5. The number of ether oxygens (including phenoxy) is 1. The molecule has 1 heterocycles. The summed E-state index contributed by atoms with van der Waals surface area (Å²) in [4.78, 5) is 24.5. The molecule has 0 aliphatic carbocycles. The van der Waals surface area contributed by atoms with Gasteiger partial charge in [-0.25, -0.2) is 4.79 Å². The fourth-order valence-corrected chi connectivity index (χ4v) is 1.94. The molecule has 0 aromatic heterocycles. The highest BCUT2D eigenvalue weighted by Gasteiger charge is 2.43. The summed E-state index contributed by atoms with van der Waals surface area (Å²) in [6, 6.07) is -0.737. The lowest BCUT2D eigenvalue weighted by atomic mass is 10.0. The summed E-state index contributed by atoms with van der Waals surface area (Å²) in [5.41, 5.74) is 0. The molecule has 1 aliphatic rings. The number of nitrogens with zero attached hydrogens (tertiary/aromatic N) is 1. The maximum atomic E-state index is 11.7. The Hall–Kier alpha value is -1.14. The van der Waals surface area contributed by atoms with Gasteiger partial charge in [0.2, 0.25) is 0 Å². The van der Waals surface area contributed by atoms with Crippen molar-refractivity contribution >= 4 is 11.9 Å². The van der Waals surface area contributed by atoms with Gasteiger partial charge in [0, 0.05) is 0 Å². The summed E-state index contributed by atoms with van der Waals surface area (Å²) in [5.74, 6) is -0.941. The van der Waals surface area contributed by atoms with Gasteiger partial charge >= 0.3 is 5.97 Å². The van der Waals surface area contributed by atoms with Crippen LogP contribution in [0.3, 0.4) is 0 Å². The van der Waals surface area contributed by atoms with E-state index in [1.165, 1.54) is 12.0 Å². The van der Waals surface area contributed by atoms with E-state index in [-0.39, 0.29) is 12.5 Å². The Bertz CT molecular complexity index is 304. The topological polar surface area (TPSA) is 87.1 Å². The van der Waals surface area contributed by atoms with Crippen molar-refractivity contribution in [2.45, 2.75) is 38.5 Å². The smallest absolute Gasteiger partial charge is 0.328 e. The Morgan fingerprint density at radius 2 is 2.12 bits per heavy atom. The van der Waals surface area contributed by atoms with E-state index in [4.69, 9.17) is 0 Å². The summed E-state index contributed by atoms with van der Waals surface area (Å²) in [7, 11) is 1.25. The molecule has 17 heavy (non-hydrogen) atoms. The van der Waals surface area contributed by atoms with Crippen molar-refractivity contribution in [3.8, 4) is 0 Å². The second-order valence-electron chi connectivity index (χ2n) is 4.67. The molecule has 6 heteroatoms. The van der Waals surface area contributed by atoms with Gasteiger partial charge in [0.25, 0.3) is 5.91 Å². The number of hydrogen-bond donors (Lipinski definition) is 2. The summed E-state index contributed by atoms with van der Waals surface area (Å²) in [6.45, 7) is 3.80. The van der Waals surface area contributed by atoms with Gasteiger partial charge in [-0.1, -0.05) is 13.8 Å². The fraction of sp³-hybridized carbons (Fsp3) is 0.818. The minimum atomic E-state index is -1.44. The Balaban J connectivity index is 2.84. The molecule has 0 aromatic rings. The summed E-state index contributed by atoms with van der Waals surface area (Å²) in [5, 5.41) is 18.8. The summed E-state index contributed by atoms with van der Waals surface area (Å²) < 4.78 is 4.65. The molecule has 1 rings (SSSR count). The van der Waals surface area contributed by atoms with Gasteiger partial charge in [0.15, 0.2) is 6.10 Å². The first-order valence-electron chi connectivity index (χ1n) is 5.63. The van der Waals surface area contributed by atoms with Crippen LogP contribution in [0.15, 0.2) is 0 Å². The Morgan fingerprint density at radius 3 is 2.47 bits per heavy atom. The van der Waals surface area contributed by atoms with Gasteiger partial charge in [-0.3, -0.25) is 4.79 Å². The lowest BCUT2D eigenvalue weighted by molar-refractivity contribution is -0.153. The maximum absolute atomic E-state index is 11.7. The molecule has 1 aliphatic heterocycles. The molecular weight excluding hydrogens is 226 g/mol. The average molecular weight is 245 g/mol. The third-order valence-corrected chi connectivity index (χ3v) is 2.83. The average Bonchev–Trinajstić information content (AvgIpc) is 2.52. The number of β-amino-alcohol motifs (C(OH)–C–C–N with tert-alkyl or cyclic N) is 1. The minimum absolute atomic E-state index is 0.0352.